The summed E-state index contributed by atoms with van der Waals surface area (Å²) in [5, 5.41) is 17.1. The second-order valence-corrected chi connectivity index (χ2v) is 25.6. The first-order valence-electron chi connectivity index (χ1n) is 22.9. The van der Waals surface area contributed by atoms with E-state index in [1.807, 2.05) is 132 Å². The van der Waals surface area contributed by atoms with Gasteiger partial charge in [-0.2, -0.15) is 0 Å². The Kier molecular flexibility index (Phi) is 20.4. The van der Waals surface area contributed by atoms with Crippen LogP contribution in [0.5, 0.6) is 0 Å². The minimum atomic E-state index is -1.47. The van der Waals surface area contributed by atoms with Crippen molar-refractivity contribution in [2.75, 3.05) is 37.6 Å². The molecule has 18 heteroatoms. The largest absolute Gasteiger partial charge is 1.00 e. The van der Waals surface area contributed by atoms with Gasteiger partial charge in [0.1, 0.15) is 10.0 Å². The number of aliphatic hydroxyl groups is 1. The van der Waals surface area contributed by atoms with E-state index >= 15 is 0 Å². The maximum Gasteiger partial charge on any atom is 1.00 e. The van der Waals surface area contributed by atoms with Crippen LogP contribution in [0.2, 0.25) is 0 Å². The molecule has 0 saturated carbocycles. The van der Waals surface area contributed by atoms with E-state index in [0.717, 1.165) is 34.1 Å². The molecule has 1 atom stereocenters. The standard InChI is InChI=1S/C23H36N2O5S.C23H38N2O4S.C4H8O.B.Li.H/c1-12(2)23(19(28)29-10,20(3,4)5)18(27)25-17-14(16(24)26)13-11-21(6,7)30-22(8,9)15(13)31-17;1-19(2,3)23(12-26,20(4,5)6)18(28)25-17-14(16(24)27)13-11-21(7,8)29-22(9,10)15(13)30-17;1-2-4-5-3-1;;;/h12H,11H2,1-10H3,(H2,24,26)(H,25,27);26H,11-12H2,1-10H3,(H2,24,27)(H,25,28);1-4H2;;;/q;;;;+1;-1. The van der Waals surface area contributed by atoms with Gasteiger partial charge in [-0.1, -0.05) is 76.2 Å². The number of hydrogen-bond donors (Lipinski definition) is 5. The predicted molar refractivity (Wildman–Crippen MR) is 271 cm³/mol. The van der Waals surface area contributed by atoms with E-state index in [4.69, 9.17) is 30.4 Å². The Labute approximate surface area is 430 Å². The number of esters is 1. The smallest absolute Gasteiger partial charge is 1.00 e. The normalized spacial score (nSPS) is 18.8. The maximum absolute atomic E-state index is 13.7. The van der Waals surface area contributed by atoms with Gasteiger partial charge < -0.3 is 47.6 Å². The molecule has 4 amide bonds. The molecule has 0 bridgehead atoms. The number of amides is 4. The van der Waals surface area contributed by atoms with Crippen LogP contribution < -0.4 is 41.0 Å². The van der Waals surface area contributed by atoms with Crippen molar-refractivity contribution in [1.82, 2.24) is 0 Å². The number of anilines is 2. The minimum Gasteiger partial charge on any atom is -1.00 e. The summed E-state index contributed by atoms with van der Waals surface area (Å²) in [7, 11) is 1.28. The van der Waals surface area contributed by atoms with Crippen molar-refractivity contribution >= 4 is 70.7 Å². The van der Waals surface area contributed by atoms with Crippen LogP contribution in [0.4, 0.5) is 10.0 Å². The van der Waals surface area contributed by atoms with Gasteiger partial charge in [0, 0.05) is 44.2 Å². The summed E-state index contributed by atoms with van der Waals surface area (Å²) in [5.74, 6) is -2.99. The Hall–Kier alpha value is -2.75. The summed E-state index contributed by atoms with van der Waals surface area (Å²) in [4.78, 5) is 67.0. The summed E-state index contributed by atoms with van der Waals surface area (Å²) >= 11 is 2.61. The van der Waals surface area contributed by atoms with Crippen LogP contribution in [-0.2, 0) is 57.4 Å². The zero-order valence-corrected chi connectivity index (χ0v) is 46.8. The fourth-order valence-electron chi connectivity index (χ4n) is 10.9. The van der Waals surface area contributed by atoms with Crippen LogP contribution in [0, 0.1) is 33.0 Å². The summed E-state index contributed by atoms with van der Waals surface area (Å²) < 4.78 is 22.5. The molecule has 14 nitrogen and oxygen atoms in total. The zero-order valence-electron chi connectivity index (χ0n) is 46.2. The van der Waals surface area contributed by atoms with Crippen molar-refractivity contribution in [3.8, 4) is 0 Å². The second-order valence-electron chi connectivity index (χ2n) is 23.5. The van der Waals surface area contributed by atoms with E-state index in [1.54, 1.807) is 0 Å². The molecule has 1 saturated heterocycles. The quantitative estimate of drug-likeness (QED) is 0.109. The molecule has 2 aromatic rings. The second kappa shape index (κ2) is 21.9. The molecule has 379 valence electrons. The third-order valence-corrected chi connectivity index (χ3v) is 16.2. The third kappa shape index (κ3) is 12.5. The van der Waals surface area contributed by atoms with Gasteiger partial charge in [-0.15, -0.1) is 22.7 Å². The summed E-state index contributed by atoms with van der Waals surface area (Å²) in [6.45, 7) is 38.1. The van der Waals surface area contributed by atoms with E-state index in [-0.39, 0.29) is 52.7 Å². The van der Waals surface area contributed by atoms with Crippen LogP contribution in [0.1, 0.15) is 187 Å². The molecule has 1 fully saturated rings. The van der Waals surface area contributed by atoms with E-state index in [1.165, 1.54) is 42.6 Å². The van der Waals surface area contributed by atoms with Gasteiger partial charge in [-0.05, 0) is 102 Å². The minimum absolute atomic E-state index is 0. The molecule has 68 heavy (non-hydrogen) atoms. The Morgan fingerprint density at radius 3 is 1.29 bits per heavy atom. The van der Waals surface area contributed by atoms with E-state index in [2.05, 4.69) is 10.6 Å². The molecule has 2 aromatic heterocycles. The number of carbonyl (C=O) groups excluding carboxylic acids is 5. The van der Waals surface area contributed by atoms with Crippen molar-refractivity contribution in [3.63, 3.8) is 0 Å². The first-order chi connectivity index (χ1) is 29.7. The van der Waals surface area contributed by atoms with Gasteiger partial charge in [0.05, 0.1) is 52.7 Å². The molecule has 3 aliphatic rings. The Morgan fingerprint density at radius 2 is 1.04 bits per heavy atom. The number of carbonyl (C=O) groups is 5. The van der Waals surface area contributed by atoms with Crippen LogP contribution >= 0.6 is 22.7 Å². The number of nitrogens with two attached hydrogens (primary N) is 2. The van der Waals surface area contributed by atoms with Crippen LogP contribution in [0.15, 0.2) is 0 Å². The number of aliphatic hydroxyl groups excluding tert-OH is 1. The van der Waals surface area contributed by atoms with Crippen molar-refractivity contribution in [3.05, 3.63) is 32.0 Å². The zero-order chi connectivity index (χ0) is 51.2. The molecule has 5 heterocycles. The van der Waals surface area contributed by atoms with Gasteiger partial charge in [-0.3, -0.25) is 24.0 Å². The summed E-state index contributed by atoms with van der Waals surface area (Å²) in [6.07, 6.45) is 3.57. The topological polar surface area (TPSA) is 219 Å². The van der Waals surface area contributed by atoms with E-state index < -0.39 is 73.2 Å². The van der Waals surface area contributed by atoms with Crippen LogP contribution in [0.3, 0.4) is 0 Å². The number of methoxy groups -OCH3 is 1. The number of primary amides is 2. The van der Waals surface area contributed by atoms with Gasteiger partial charge in [0.15, 0.2) is 5.41 Å². The number of ether oxygens (including phenoxy) is 4. The first kappa shape index (κ1) is 63.3. The SMILES string of the molecule is C1CCOC1.CC1(C)Cc2c(sc(NC(=O)C(CO)(C(C)(C)C)C(C)(C)C)c2C(N)=O)C(C)(C)O1.COC(=O)C(C(=O)Nc1sc2c(c1C(N)=O)CC(C)(C)OC2(C)C)(C(C)C)C(C)(C)C.[B].[H-].[Li+]. The van der Waals surface area contributed by atoms with Gasteiger partial charge in [0.2, 0.25) is 11.8 Å². The fourth-order valence-corrected chi connectivity index (χ4v) is 13.4. The van der Waals surface area contributed by atoms with Crippen molar-refractivity contribution < 1.29 is 68.3 Å². The number of hydrogen-bond acceptors (Lipinski definition) is 12. The summed E-state index contributed by atoms with van der Waals surface area (Å²) in [6, 6.07) is 0. The van der Waals surface area contributed by atoms with Crippen molar-refractivity contribution in [2.45, 2.75) is 180 Å². The molecule has 0 spiro atoms. The predicted octanol–water partition coefficient (Wildman–Crippen LogP) is 6.21. The average Bonchev–Trinajstić information content (AvgIpc) is 3.86. The number of nitrogens with one attached hydrogen (secondary N) is 2. The van der Waals surface area contributed by atoms with Crippen LogP contribution in [0.25, 0.3) is 0 Å². The van der Waals surface area contributed by atoms with Crippen molar-refractivity contribution in [2.24, 2.45) is 44.5 Å². The molecule has 0 aliphatic carbocycles. The molecule has 0 aromatic carbocycles. The Bertz CT molecular complexity index is 2140. The molecular formula is C50H83BLiN4O10S2. The monoisotopic (exact) mass is 982 g/mol. The number of rotatable bonds is 9. The van der Waals surface area contributed by atoms with Gasteiger partial charge in [-0.25, -0.2) is 0 Å². The van der Waals surface area contributed by atoms with Crippen molar-refractivity contribution in [1.29, 1.82) is 0 Å². The van der Waals surface area contributed by atoms with E-state index in [0.29, 0.717) is 28.4 Å². The first-order valence-corrected chi connectivity index (χ1v) is 24.6. The fraction of sp³-hybridized carbons (Fsp3) is 0.740. The molecule has 5 rings (SSSR count). The molecule has 3 aliphatic heterocycles. The summed E-state index contributed by atoms with van der Waals surface area (Å²) in [5.41, 5.74) is 7.22. The maximum atomic E-state index is 13.7. The number of thiophene rings is 2. The van der Waals surface area contributed by atoms with Crippen LogP contribution in [-0.4, -0.2) is 81.3 Å². The molecular weight excluding hydrogens is 898 g/mol. The van der Waals surface area contributed by atoms with Gasteiger partial charge >= 0.3 is 24.8 Å². The molecule has 3 radical (unpaired) electrons. The van der Waals surface area contributed by atoms with Gasteiger partial charge in [0.25, 0.3) is 11.8 Å². The number of fused-ring (bicyclic) bond motifs is 2. The Balaban J connectivity index is 0.00000117. The van der Waals surface area contributed by atoms with E-state index in [9.17, 15) is 29.1 Å². The molecule has 1 unspecified atom stereocenters. The average molecular weight is 982 g/mol. The molecule has 7 N–H and O–H groups in total. The third-order valence-electron chi connectivity index (χ3n) is 13.2. The Morgan fingerprint density at radius 1 is 0.691 bits per heavy atom.